The Balaban J connectivity index is 1.34. The van der Waals surface area contributed by atoms with E-state index in [0.29, 0.717) is 0 Å². The molecule has 1 atom stereocenters. The van der Waals surface area contributed by atoms with Crippen LogP contribution in [0.25, 0.3) is 10.8 Å². The van der Waals surface area contributed by atoms with Crippen LogP contribution in [0, 0.1) is 10.1 Å². The first-order valence-electron chi connectivity index (χ1n) is 15.2. The van der Waals surface area contributed by atoms with E-state index in [2.05, 4.69) is 35.8 Å². The highest BCUT2D eigenvalue weighted by Gasteiger charge is 2.41. The third-order valence-electron chi connectivity index (χ3n) is 7.68. The fourth-order valence-electron chi connectivity index (χ4n) is 5.08. The third kappa shape index (κ3) is 7.78. The quantitative estimate of drug-likeness (QED) is 0.0417. The van der Waals surface area contributed by atoms with Crippen molar-refractivity contribution in [1.29, 1.82) is 0 Å². The molecule has 0 radical (unpaired) electrons. The van der Waals surface area contributed by atoms with Crippen LogP contribution in [0.2, 0.25) is 0 Å². The molecule has 0 fully saturated rings. The summed E-state index contributed by atoms with van der Waals surface area (Å²) in [6.07, 6.45) is 0. The monoisotopic (exact) mass is 803 g/mol. The van der Waals surface area contributed by atoms with Crippen LogP contribution in [0.4, 0.5) is 39.8 Å². The largest absolute Gasteiger partial charge is 0.505 e. The van der Waals surface area contributed by atoms with E-state index in [0.717, 1.165) is 53.5 Å². The molecule has 1 amide bonds. The van der Waals surface area contributed by atoms with Crippen LogP contribution >= 0.6 is 0 Å². The number of amides is 1. The molecule has 22 nitrogen and oxygen atoms in total. The van der Waals surface area contributed by atoms with Gasteiger partial charge in [-0.25, -0.2) is 4.79 Å². The van der Waals surface area contributed by atoms with Gasteiger partial charge in [0.2, 0.25) is 6.04 Å². The predicted octanol–water partition coefficient (Wildman–Crippen LogP) is 6.42. The average molecular weight is 804 g/mol. The van der Waals surface area contributed by atoms with Gasteiger partial charge in [0.05, 0.1) is 27.4 Å². The van der Waals surface area contributed by atoms with Crippen molar-refractivity contribution in [1.82, 2.24) is 0 Å². The molecule has 56 heavy (non-hydrogen) atoms. The first-order valence-corrected chi connectivity index (χ1v) is 18.1. The topological polar surface area (TPSA) is 336 Å². The Morgan fingerprint density at radius 2 is 1.38 bits per heavy atom. The molecule has 24 heteroatoms. The molecule has 1 heterocycles. The molecule has 5 N–H and O–H groups in total. The number of rotatable bonds is 11. The smallest absolute Gasteiger partial charge is 0.355 e. The predicted molar refractivity (Wildman–Crippen MR) is 192 cm³/mol. The first kappa shape index (κ1) is 38.3. The van der Waals surface area contributed by atoms with E-state index in [1.807, 2.05) is 0 Å². The zero-order valence-electron chi connectivity index (χ0n) is 27.6. The van der Waals surface area contributed by atoms with E-state index < -0.39 is 92.5 Å². The number of hydrogen-bond acceptors (Lipinski definition) is 17. The van der Waals surface area contributed by atoms with Crippen LogP contribution < -0.4 is 5.01 Å². The molecule has 0 saturated carbocycles. The summed E-state index contributed by atoms with van der Waals surface area (Å²) in [6, 6.07) is 16.6. The van der Waals surface area contributed by atoms with Gasteiger partial charge in [-0.1, -0.05) is 24.3 Å². The number of anilines is 1. The molecule has 0 aliphatic carbocycles. The molecule has 6 rings (SSSR count). The summed E-state index contributed by atoms with van der Waals surface area (Å²) in [6.45, 7) is 0. The van der Waals surface area contributed by atoms with Crippen LogP contribution in [0.3, 0.4) is 0 Å². The summed E-state index contributed by atoms with van der Waals surface area (Å²) in [5, 5.41) is 69.3. The molecule has 1 unspecified atom stereocenters. The number of non-ortho nitro benzene ring substituents is 1. The molecule has 284 valence electrons. The first-order chi connectivity index (χ1) is 26.4. The summed E-state index contributed by atoms with van der Waals surface area (Å²) in [4.78, 5) is 33.3. The summed E-state index contributed by atoms with van der Waals surface area (Å²) in [5.74, 6) is -4.28. The second kappa shape index (κ2) is 14.8. The standard InChI is InChI=1S/C32H21N9O13S2/c42-29-22(12-6-16-14-24(56(52,53)54)26(30(43)25(16)29)37-33-17-7-10-20(11-8-17)41(47)48)36-35-21-13-9-18(15-23(21)55(49,50)51)34-38-27-28(32(45)46)39-40(31(27)44)19-4-2-1-3-5-19/h1-15,27,42-43H,(H,45,46)(H,49,50,51)(H,52,53,54). The number of fused-ring (bicyclic) bond motifs is 1. The molecule has 1 aliphatic heterocycles. The second-order valence-electron chi connectivity index (χ2n) is 11.3. The van der Waals surface area contributed by atoms with Gasteiger partial charge in [0.1, 0.15) is 26.9 Å². The van der Waals surface area contributed by atoms with Gasteiger partial charge in [-0.15, -0.1) is 15.3 Å². The van der Waals surface area contributed by atoms with Crippen molar-refractivity contribution in [2.45, 2.75) is 15.8 Å². The zero-order valence-corrected chi connectivity index (χ0v) is 29.2. The SMILES string of the molecule is O=C(O)C1=NN(c2ccccc2)C(=O)C1N=Nc1ccc(N=Nc2ccc3cc(S(=O)(=O)O)c(N=Nc4ccc([N+](=O)[O-])cc4)c(O)c3c2O)c(S(=O)(=O)O)c1. The van der Waals surface area contributed by atoms with Gasteiger partial charge in [-0.2, -0.15) is 42.3 Å². The number of aromatic hydroxyl groups is 2. The Hall–Kier alpha value is -7.41. The van der Waals surface area contributed by atoms with Crippen molar-refractivity contribution in [3.8, 4) is 11.5 Å². The molecule has 1 aliphatic rings. The minimum Gasteiger partial charge on any atom is -0.505 e. The van der Waals surface area contributed by atoms with Crippen molar-refractivity contribution in [2.24, 2.45) is 35.8 Å². The van der Waals surface area contributed by atoms with E-state index in [4.69, 9.17) is 0 Å². The fraction of sp³-hybridized carbons (Fsp3) is 0.0312. The van der Waals surface area contributed by atoms with E-state index in [1.165, 1.54) is 24.3 Å². The number of para-hydroxylation sites is 1. The second-order valence-corrected chi connectivity index (χ2v) is 14.1. The van der Waals surface area contributed by atoms with Gasteiger partial charge in [0.25, 0.3) is 31.8 Å². The Kier molecular flexibility index (Phi) is 10.1. The number of aliphatic carboxylic acids is 1. The van der Waals surface area contributed by atoms with Crippen LogP contribution in [-0.2, 0) is 29.8 Å². The van der Waals surface area contributed by atoms with Crippen molar-refractivity contribution in [3.63, 3.8) is 0 Å². The number of nitro benzene ring substituents is 1. The number of carbonyl (C=O) groups excluding carboxylic acids is 1. The third-order valence-corrected chi connectivity index (χ3v) is 9.43. The fourth-order valence-corrected chi connectivity index (χ4v) is 6.38. The summed E-state index contributed by atoms with van der Waals surface area (Å²) < 4.78 is 68.9. The van der Waals surface area contributed by atoms with Gasteiger partial charge >= 0.3 is 5.97 Å². The van der Waals surface area contributed by atoms with Crippen LogP contribution in [0.15, 0.2) is 137 Å². The maximum Gasteiger partial charge on any atom is 0.355 e. The number of nitrogens with zero attached hydrogens (tertiary/aromatic N) is 9. The van der Waals surface area contributed by atoms with Crippen molar-refractivity contribution in [2.75, 3.05) is 5.01 Å². The van der Waals surface area contributed by atoms with E-state index in [-0.39, 0.29) is 28.1 Å². The normalized spacial score (nSPS) is 15.0. The summed E-state index contributed by atoms with van der Waals surface area (Å²) in [7, 11) is -10.1. The van der Waals surface area contributed by atoms with Crippen LogP contribution in [0.1, 0.15) is 0 Å². The van der Waals surface area contributed by atoms with Crippen molar-refractivity contribution >= 4 is 88.4 Å². The van der Waals surface area contributed by atoms with Gasteiger partial charge in [0, 0.05) is 12.1 Å². The number of carbonyl (C=O) groups is 2. The highest BCUT2D eigenvalue weighted by atomic mass is 32.2. The number of hydrogen-bond donors (Lipinski definition) is 5. The number of carboxylic acids is 1. The number of nitro groups is 1. The molecule has 5 aromatic rings. The Morgan fingerprint density at radius 1 is 0.750 bits per heavy atom. The summed E-state index contributed by atoms with van der Waals surface area (Å²) >= 11 is 0. The lowest BCUT2D eigenvalue weighted by Crippen LogP contribution is -2.32. The lowest BCUT2D eigenvalue weighted by Gasteiger charge is -2.11. The lowest BCUT2D eigenvalue weighted by molar-refractivity contribution is -0.384. The molecule has 0 saturated heterocycles. The number of hydrazone groups is 1. The Labute approximate surface area is 312 Å². The molecular formula is C32H21N9O13S2. The van der Waals surface area contributed by atoms with Gasteiger partial charge in [-0.3, -0.25) is 24.0 Å². The molecule has 0 bridgehead atoms. The van der Waals surface area contributed by atoms with Crippen molar-refractivity contribution in [3.05, 3.63) is 101 Å². The van der Waals surface area contributed by atoms with Gasteiger partial charge in [-0.05, 0) is 60.0 Å². The number of phenolic OH excluding ortho intramolecular Hbond substituents is 2. The lowest BCUT2D eigenvalue weighted by atomic mass is 10.1. The van der Waals surface area contributed by atoms with E-state index in [9.17, 15) is 61.0 Å². The van der Waals surface area contributed by atoms with Crippen molar-refractivity contribution < 1.29 is 55.8 Å². The Bertz CT molecular complexity index is 2810. The highest BCUT2D eigenvalue weighted by Crippen LogP contribution is 2.48. The minimum atomic E-state index is -5.08. The molecular weight excluding hydrogens is 783 g/mol. The minimum absolute atomic E-state index is 0.0223. The molecule has 0 aromatic heterocycles. The molecule has 0 spiro atoms. The number of phenols is 2. The Morgan fingerprint density at radius 3 is 2.00 bits per heavy atom. The average Bonchev–Trinajstić information content (AvgIpc) is 3.48. The van der Waals surface area contributed by atoms with Gasteiger partial charge in [0.15, 0.2) is 17.2 Å². The maximum atomic E-state index is 13.0. The summed E-state index contributed by atoms with van der Waals surface area (Å²) in [5.41, 5.74) is -2.80. The molecule has 5 aromatic carbocycles. The number of benzene rings is 5. The number of carboxylic acid groups (broad SMARTS) is 1. The van der Waals surface area contributed by atoms with E-state index in [1.54, 1.807) is 18.2 Å². The maximum absolute atomic E-state index is 13.0. The zero-order chi connectivity index (χ0) is 40.5. The van der Waals surface area contributed by atoms with Gasteiger partial charge < -0.3 is 15.3 Å². The van der Waals surface area contributed by atoms with Crippen LogP contribution in [-0.4, -0.2) is 69.8 Å². The van der Waals surface area contributed by atoms with E-state index >= 15 is 0 Å². The van der Waals surface area contributed by atoms with Crippen LogP contribution in [0.5, 0.6) is 11.5 Å². The number of azo groups is 3. The highest BCUT2D eigenvalue weighted by molar-refractivity contribution is 7.86.